The molecule has 0 saturated carbocycles. The topological polar surface area (TPSA) is 113 Å². The van der Waals surface area contributed by atoms with Gasteiger partial charge >= 0.3 is 0 Å². The Morgan fingerprint density at radius 3 is 2.75 bits per heavy atom. The predicted molar refractivity (Wildman–Crippen MR) is 91.5 cm³/mol. The summed E-state index contributed by atoms with van der Waals surface area (Å²) in [6.45, 7) is 6.58. The number of carbonyl (C=O) groups is 1. The molecule has 1 amide bonds. The third-order valence-electron chi connectivity index (χ3n) is 4.90. The highest BCUT2D eigenvalue weighted by atomic mass is 16.3. The number of aliphatic hydroxyl groups is 2. The summed E-state index contributed by atoms with van der Waals surface area (Å²) in [6, 6.07) is 1.66. The number of anilines is 1. The minimum absolute atomic E-state index is 0.0675. The Bertz CT molecular complexity index is 593. The van der Waals surface area contributed by atoms with Crippen LogP contribution in [0.25, 0.3) is 0 Å². The van der Waals surface area contributed by atoms with Gasteiger partial charge in [0, 0.05) is 24.2 Å². The number of amides is 1. The van der Waals surface area contributed by atoms with Crippen LogP contribution in [0, 0.1) is 5.41 Å². The standard InChI is InChI=1S/C17H28N4O3/c1-4-5-17(10-22)6-7-21(9-14(17)23)15(24)13-8-12(11(2)3)19-16(18)20-13/h8,11,14,22-23H,4-7,9-10H2,1-3H3,(H2,18,19,20)/t14-,17-/m1/s1. The number of β-amino-alcohol motifs (C(OH)–C–C–N with tert-alkyl or cyclic N) is 1. The molecule has 0 radical (unpaired) electrons. The molecule has 134 valence electrons. The van der Waals surface area contributed by atoms with E-state index in [-0.39, 0.29) is 36.6 Å². The SMILES string of the molecule is CCC[C@]1(CO)CCN(C(=O)c2cc(C(C)C)nc(N)n2)C[C@H]1O. The number of rotatable bonds is 5. The van der Waals surface area contributed by atoms with Crippen LogP contribution in [0.4, 0.5) is 5.95 Å². The van der Waals surface area contributed by atoms with E-state index in [1.165, 1.54) is 0 Å². The molecule has 0 aliphatic carbocycles. The smallest absolute Gasteiger partial charge is 0.272 e. The lowest BCUT2D eigenvalue weighted by Gasteiger charge is -2.44. The second-order valence-electron chi connectivity index (χ2n) is 6.98. The van der Waals surface area contributed by atoms with Gasteiger partial charge in [-0.25, -0.2) is 9.97 Å². The van der Waals surface area contributed by atoms with Gasteiger partial charge in [-0.3, -0.25) is 4.79 Å². The molecule has 2 atom stereocenters. The Morgan fingerprint density at radius 1 is 1.50 bits per heavy atom. The largest absolute Gasteiger partial charge is 0.396 e. The zero-order valence-corrected chi connectivity index (χ0v) is 14.7. The minimum atomic E-state index is -0.746. The third kappa shape index (κ3) is 3.67. The third-order valence-corrected chi connectivity index (χ3v) is 4.90. The first-order chi connectivity index (χ1) is 11.3. The lowest BCUT2D eigenvalue weighted by molar-refractivity contribution is -0.0714. The van der Waals surface area contributed by atoms with Crippen molar-refractivity contribution in [2.24, 2.45) is 5.41 Å². The van der Waals surface area contributed by atoms with E-state index in [0.29, 0.717) is 13.0 Å². The van der Waals surface area contributed by atoms with Gasteiger partial charge in [0.25, 0.3) is 5.91 Å². The van der Waals surface area contributed by atoms with Gasteiger partial charge in [0.2, 0.25) is 5.95 Å². The number of aromatic nitrogens is 2. The van der Waals surface area contributed by atoms with Gasteiger partial charge in [-0.1, -0.05) is 27.2 Å². The van der Waals surface area contributed by atoms with E-state index in [0.717, 1.165) is 18.5 Å². The predicted octanol–water partition coefficient (Wildman–Crippen LogP) is 1.17. The molecule has 0 bridgehead atoms. The van der Waals surface area contributed by atoms with Crippen LogP contribution in [-0.4, -0.2) is 56.8 Å². The first kappa shape index (κ1) is 18.6. The molecule has 24 heavy (non-hydrogen) atoms. The van der Waals surface area contributed by atoms with Crippen LogP contribution >= 0.6 is 0 Å². The fraction of sp³-hybridized carbons (Fsp3) is 0.706. The molecule has 0 spiro atoms. The molecule has 1 aromatic rings. The number of piperidine rings is 1. The van der Waals surface area contributed by atoms with Gasteiger partial charge in [-0.05, 0) is 24.8 Å². The molecule has 4 N–H and O–H groups in total. The van der Waals surface area contributed by atoms with Gasteiger partial charge in [0.1, 0.15) is 5.69 Å². The highest BCUT2D eigenvalue weighted by Gasteiger charge is 2.42. The number of hydrogen-bond acceptors (Lipinski definition) is 6. The van der Waals surface area contributed by atoms with Crippen LogP contribution in [0.1, 0.15) is 62.1 Å². The van der Waals surface area contributed by atoms with Crippen LogP contribution in [0.2, 0.25) is 0 Å². The Hall–Kier alpha value is -1.73. The highest BCUT2D eigenvalue weighted by Crippen LogP contribution is 2.36. The van der Waals surface area contributed by atoms with Gasteiger partial charge < -0.3 is 20.8 Å². The maximum atomic E-state index is 12.7. The zero-order chi connectivity index (χ0) is 17.9. The van der Waals surface area contributed by atoms with E-state index in [1.807, 2.05) is 20.8 Å². The summed E-state index contributed by atoms with van der Waals surface area (Å²) in [5, 5.41) is 20.2. The maximum absolute atomic E-state index is 12.7. The first-order valence-electron chi connectivity index (χ1n) is 8.55. The van der Waals surface area contributed by atoms with Gasteiger partial charge in [-0.2, -0.15) is 0 Å². The quantitative estimate of drug-likeness (QED) is 0.744. The number of carbonyl (C=O) groups excluding carboxylic acids is 1. The summed E-state index contributed by atoms with van der Waals surface area (Å²) >= 11 is 0. The summed E-state index contributed by atoms with van der Waals surface area (Å²) < 4.78 is 0. The summed E-state index contributed by atoms with van der Waals surface area (Å²) in [5.41, 5.74) is 6.18. The number of likely N-dealkylation sites (tertiary alicyclic amines) is 1. The fourth-order valence-electron chi connectivity index (χ4n) is 3.31. The maximum Gasteiger partial charge on any atom is 0.272 e. The normalized spacial score (nSPS) is 24.4. The summed E-state index contributed by atoms with van der Waals surface area (Å²) in [4.78, 5) is 22.5. The summed E-state index contributed by atoms with van der Waals surface area (Å²) in [6.07, 6.45) is 1.45. The molecule has 2 rings (SSSR count). The molecule has 7 heteroatoms. The van der Waals surface area contributed by atoms with Crippen LogP contribution in [0.15, 0.2) is 6.07 Å². The lowest BCUT2D eigenvalue weighted by atomic mass is 9.73. The fourth-order valence-corrected chi connectivity index (χ4v) is 3.31. The molecular weight excluding hydrogens is 308 g/mol. The van der Waals surface area contributed by atoms with Gasteiger partial charge in [-0.15, -0.1) is 0 Å². The molecule has 1 aliphatic rings. The summed E-state index contributed by atoms with van der Waals surface area (Å²) in [7, 11) is 0. The van der Waals surface area contributed by atoms with E-state index < -0.39 is 11.5 Å². The van der Waals surface area contributed by atoms with Crippen molar-refractivity contribution < 1.29 is 15.0 Å². The van der Waals surface area contributed by atoms with Gasteiger partial charge in [0.05, 0.1) is 12.7 Å². The average molecular weight is 336 g/mol. The minimum Gasteiger partial charge on any atom is -0.396 e. The van der Waals surface area contributed by atoms with Crippen molar-refractivity contribution in [2.45, 2.75) is 52.1 Å². The Balaban J connectivity index is 2.18. The van der Waals surface area contributed by atoms with E-state index in [4.69, 9.17) is 5.73 Å². The van der Waals surface area contributed by atoms with Crippen LogP contribution in [0.3, 0.4) is 0 Å². The van der Waals surface area contributed by atoms with Crippen molar-refractivity contribution in [2.75, 3.05) is 25.4 Å². The van der Waals surface area contributed by atoms with E-state index in [9.17, 15) is 15.0 Å². The zero-order valence-electron chi connectivity index (χ0n) is 14.7. The molecule has 1 aliphatic heterocycles. The first-order valence-corrected chi connectivity index (χ1v) is 8.55. The Morgan fingerprint density at radius 2 is 2.21 bits per heavy atom. The molecule has 1 aromatic heterocycles. The molecular formula is C17H28N4O3. The molecule has 1 fully saturated rings. The highest BCUT2D eigenvalue weighted by molar-refractivity contribution is 5.92. The lowest BCUT2D eigenvalue weighted by Crippen LogP contribution is -2.54. The molecule has 7 nitrogen and oxygen atoms in total. The van der Waals surface area contributed by atoms with Crippen molar-refractivity contribution in [3.05, 3.63) is 17.5 Å². The molecule has 0 aromatic carbocycles. The van der Waals surface area contributed by atoms with Crippen molar-refractivity contribution >= 4 is 11.9 Å². The molecule has 2 heterocycles. The Labute approximate surface area is 142 Å². The van der Waals surface area contributed by atoms with Crippen LogP contribution < -0.4 is 5.73 Å². The van der Waals surface area contributed by atoms with Crippen LogP contribution in [-0.2, 0) is 0 Å². The van der Waals surface area contributed by atoms with Gasteiger partial charge in [0.15, 0.2) is 0 Å². The van der Waals surface area contributed by atoms with E-state index in [2.05, 4.69) is 9.97 Å². The van der Waals surface area contributed by atoms with Crippen molar-refractivity contribution in [3.8, 4) is 0 Å². The van der Waals surface area contributed by atoms with E-state index in [1.54, 1.807) is 11.0 Å². The summed E-state index contributed by atoms with van der Waals surface area (Å²) in [5.74, 6) is -0.0359. The monoisotopic (exact) mass is 336 g/mol. The number of hydrogen-bond donors (Lipinski definition) is 3. The number of nitrogens with zero attached hydrogens (tertiary/aromatic N) is 3. The number of nitrogens with two attached hydrogens (primary N) is 1. The average Bonchev–Trinajstić information content (AvgIpc) is 2.55. The molecule has 1 saturated heterocycles. The second kappa shape index (κ2) is 7.44. The Kier molecular flexibility index (Phi) is 5.77. The van der Waals surface area contributed by atoms with E-state index >= 15 is 0 Å². The number of aliphatic hydroxyl groups excluding tert-OH is 2. The number of nitrogen functional groups attached to an aromatic ring is 1. The van der Waals surface area contributed by atoms with Crippen LogP contribution in [0.5, 0.6) is 0 Å². The molecule has 0 unspecified atom stereocenters. The van der Waals surface area contributed by atoms with Crippen molar-refractivity contribution in [1.82, 2.24) is 14.9 Å². The van der Waals surface area contributed by atoms with Crippen molar-refractivity contribution in [3.63, 3.8) is 0 Å². The van der Waals surface area contributed by atoms with Crippen molar-refractivity contribution in [1.29, 1.82) is 0 Å². The second-order valence-corrected chi connectivity index (χ2v) is 6.98.